The molecule has 1 aliphatic heterocycles. The molecule has 2 aromatic rings. The summed E-state index contributed by atoms with van der Waals surface area (Å²) in [4.78, 5) is 3.29. The van der Waals surface area contributed by atoms with Gasteiger partial charge in [-0.05, 0) is 44.0 Å². The van der Waals surface area contributed by atoms with Gasteiger partial charge in [-0.25, -0.2) is 4.39 Å². The predicted octanol–water partition coefficient (Wildman–Crippen LogP) is 2.73. The van der Waals surface area contributed by atoms with E-state index in [4.69, 9.17) is 0 Å². The number of aromatic nitrogens is 1. The highest BCUT2D eigenvalue weighted by Gasteiger charge is 2.27. The molecule has 0 saturated heterocycles. The van der Waals surface area contributed by atoms with Gasteiger partial charge < -0.3 is 10.3 Å². The third kappa shape index (κ3) is 1.43. The van der Waals surface area contributed by atoms with Gasteiger partial charge in [0.25, 0.3) is 0 Å². The maximum Gasteiger partial charge on any atom is 0.125 e. The molecular formula is C13H15FN2. The fourth-order valence-corrected chi connectivity index (χ4v) is 2.47. The molecule has 2 nitrogen and oxygen atoms in total. The first-order valence-corrected chi connectivity index (χ1v) is 5.59. The summed E-state index contributed by atoms with van der Waals surface area (Å²) in [6.45, 7) is 5.22. The van der Waals surface area contributed by atoms with Crippen molar-refractivity contribution in [3.8, 4) is 0 Å². The second kappa shape index (κ2) is 3.08. The van der Waals surface area contributed by atoms with Gasteiger partial charge in [0.15, 0.2) is 0 Å². The minimum absolute atomic E-state index is 0.122. The highest BCUT2D eigenvalue weighted by Crippen LogP contribution is 2.30. The van der Waals surface area contributed by atoms with E-state index in [9.17, 15) is 4.39 Å². The molecular weight excluding hydrogens is 203 g/mol. The average Bonchev–Trinajstić information content (AvgIpc) is 2.53. The van der Waals surface area contributed by atoms with Crippen molar-refractivity contribution in [1.29, 1.82) is 0 Å². The Balaban J connectivity index is 2.22. The third-order valence-electron chi connectivity index (χ3n) is 3.32. The first kappa shape index (κ1) is 9.85. The van der Waals surface area contributed by atoms with Crippen molar-refractivity contribution >= 4 is 10.9 Å². The second-order valence-corrected chi connectivity index (χ2v) is 5.19. The zero-order valence-corrected chi connectivity index (χ0v) is 9.52. The number of fused-ring (bicyclic) bond motifs is 3. The molecule has 0 saturated carbocycles. The largest absolute Gasteiger partial charge is 0.357 e. The predicted molar refractivity (Wildman–Crippen MR) is 62.9 cm³/mol. The first-order valence-electron chi connectivity index (χ1n) is 5.59. The number of nitrogens with one attached hydrogen (secondary N) is 2. The molecule has 0 unspecified atom stereocenters. The lowest BCUT2D eigenvalue weighted by Crippen LogP contribution is -2.44. The molecule has 2 N–H and O–H groups in total. The van der Waals surface area contributed by atoms with Gasteiger partial charge >= 0.3 is 0 Å². The maximum absolute atomic E-state index is 13.1. The Labute approximate surface area is 93.9 Å². The number of hydrogen-bond donors (Lipinski definition) is 2. The minimum Gasteiger partial charge on any atom is -0.357 e. The molecule has 84 valence electrons. The standard InChI is InChI=1S/C13H15FN2/c1-13(2)6-10-9-4-3-8(14)5-11(9)16-12(10)7-15-13/h3-5,15-16H,6-7H2,1-2H3. The SMILES string of the molecule is CC1(C)Cc2c([nH]c3cc(F)ccc23)CN1. The molecule has 0 bridgehead atoms. The van der Waals surface area contributed by atoms with Crippen LogP contribution in [0.4, 0.5) is 4.39 Å². The fraction of sp³-hybridized carbons (Fsp3) is 0.385. The van der Waals surface area contributed by atoms with Crippen molar-refractivity contribution < 1.29 is 4.39 Å². The molecule has 1 aromatic carbocycles. The number of halogens is 1. The Morgan fingerprint density at radius 1 is 1.31 bits per heavy atom. The Kier molecular flexibility index (Phi) is 1.89. The molecule has 3 rings (SSSR count). The normalized spacial score (nSPS) is 18.7. The fourth-order valence-electron chi connectivity index (χ4n) is 2.47. The van der Waals surface area contributed by atoms with E-state index in [2.05, 4.69) is 24.1 Å². The van der Waals surface area contributed by atoms with Crippen molar-refractivity contribution in [2.75, 3.05) is 0 Å². The van der Waals surface area contributed by atoms with E-state index < -0.39 is 0 Å². The zero-order valence-electron chi connectivity index (χ0n) is 9.52. The Morgan fingerprint density at radius 2 is 2.12 bits per heavy atom. The lowest BCUT2D eigenvalue weighted by Gasteiger charge is -2.31. The van der Waals surface area contributed by atoms with Gasteiger partial charge in [0.2, 0.25) is 0 Å². The molecule has 16 heavy (non-hydrogen) atoms. The summed E-state index contributed by atoms with van der Waals surface area (Å²) in [6.07, 6.45) is 0.980. The monoisotopic (exact) mass is 218 g/mol. The molecule has 1 aromatic heterocycles. The van der Waals surface area contributed by atoms with Crippen LogP contribution in [-0.2, 0) is 13.0 Å². The van der Waals surface area contributed by atoms with E-state index in [1.54, 1.807) is 6.07 Å². The van der Waals surface area contributed by atoms with Crippen LogP contribution >= 0.6 is 0 Å². The van der Waals surface area contributed by atoms with Crippen molar-refractivity contribution in [2.45, 2.75) is 32.4 Å². The summed E-state index contributed by atoms with van der Waals surface area (Å²) in [6, 6.07) is 4.98. The van der Waals surface area contributed by atoms with Crippen LogP contribution in [-0.4, -0.2) is 10.5 Å². The van der Waals surface area contributed by atoms with Crippen molar-refractivity contribution in [2.24, 2.45) is 0 Å². The summed E-state index contributed by atoms with van der Waals surface area (Å²) >= 11 is 0. The van der Waals surface area contributed by atoms with E-state index in [0.29, 0.717) is 0 Å². The number of H-pyrrole nitrogens is 1. The zero-order chi connectivity index (χ0) is 11.3. The van der Waals surface area contributed by atoms with Gasteiger partial charge in [-0.3, -0.25) is 0 Å². The molecule has 0 radical (unpaired) electrons. The number of benzene rings is 1. The quantitative estimate of drug-likeness (QED) is 0.699. The smallest absolute Gasteiger partial charge is 0.125 e. The Bertz CT molecular complexity index is 554. The van der Waals surface area contributed by atoms with Crippen LogP contribution in [0.5, 0.6) is 0 Å². The Morgan fingerprint density at radius 3 is 2.94 bits per heavy atom. The van der Waals surface area contributed by atoms with E-state index in [-0.39, 0.29) is 11.4 Å². The molecule has 2 heterocycles. The summed E-state index contributed by atoms with van der Waals surface area (Å²) in [5.74, 6) is -0.182. The van der Waals surface area contributed by atoms with Gasteiger partial charge in [-0.1, -0.05) is 0 Å². The molecule has 0 aliphatic carbocycles. The summed E-state index contributed by atoms with van der Waals surface area (Å²) < 4.78 is 13.1. The number of aromatic amines is 1. The van der Waals surface area contributed by atoms with Crippen molar-refractivity contribution in [3.63, 3.8) is 0 Å². The van der Waals surface area contributed by atoms with Crippen LogP contribution < -0.4 is 5.32 Å². The Hall–Kier alpha value is -1.35. The molecule has 0 fully saturated rings. The third-order valence-corrected chi connectivity index (χ3v) is 3.32. The van der Waals surface area contributed by atoms with Crippen LogP contribution in [0, 0.1) is 5.82 Å². The molecule has 0 atom stereocenters. The topological polar surface area (TPSA) is 27.8 Å². The second-order valence-electron chi connectivity index (χ2n) is 5.19. The summed E-state index contributed by atoms with van der Waals surface area (Å²) in [7, 11) is 0. The lowest BCUT2D eigenvalue weighted by atomic mass is 9.89. The van der Waals surface area contributed by atoms with Crippen LogP contribution in [0.1, 0.15) is 25.1 Å². The minimum atomic E-state index is -0.182. The summed E-state index contributed by atoms with van der Waals surface area (Å²) in [5, 5.41) is 4.62. The van der Waals surface area contributed by atoms with E-state index in [1.165, 1.54) is 17.3 Å². The van der Waals surface area contributed by atoms with Crippen LogP contribution in [0.25, 0.3) is 10.9 Å². The molecule has 3 heteroatoms. The number of hydrogen-bond acceptors (Lipinski definition) is 1. The van der Waals surface area contributed by atoms with Gasteiger partial charge in [0, 0.05) is 28.7 Å². The first-order chi connectivity index (χ1) is 7.55. The van der Waals surface area contributed by atoms with Gasteiger partial charge in [0.05, 0.1) is 0 Å². The van der Waals surface area contributed by atoms with E-state index in [1.807, 2.05) is 6.07 Å². The highest BCUT2D eigenvalue weighted by molar-refractivity contribution is 5.85. The van der Waals surface area contributed by atoms with Crippen LogP contribution in [0.15, 0.2) is 18.2 Å². The molecule has 0 amide bonds. The summed E-state index contributed by atoms with van der Waals surface area (Å²) in [5.41, 5.74) is 3.56. The highest BCUT2D eigenvalue weighted by atomic mass is 19.1. The van der Waals surface area contributed by atoms with Crippen molar-refractivity contribution in [1.82, 2.24) is 10.3 Å². The molecule has 0 spiro atoms. The van der Waals surface area contributed by atoms with Gasteiger partial charge in [-0.15, -0.1) is 0 Å². The average molecular weight is 218 g/mol. The lowest BCUT2D eigenvalue weighted by molar-refractivity contribution is 0.361. The van der Waals surface area contributed by atoms with Crippen LogP contribution in [0.3, 0.4) is 0 Å². The van der Waals surface area contributed by atoms with E-state index in [0.717, 1.165) is 23.9 Å². The van der Waals surface area contributed by atoms with Crippen molar-refractivity contribution in [3.05, 3.63) is 35.3 Å². The molecule has 1 aliphatic rings. The van der Waals surface area contributed by atoms with Crippen LogP contribution in [0.2, 0.25) is 0 Å². The van der Waals surface area contributed by atoms with Gasteiger partial charge in [-0.2, -0.15) is 0 Å². The number of rotatable bonds is 0. The maximum atomic E-state index is 13.1. The van der Waals surface area contributed by atoms with Gasteiger partial charge in [0.1, 0.15) is 5.82 Å². The van der Waals surface area contributed by atoms with E-state index >= 15 is 0 Å².